The van der Waals surface area contributed by atoms with E-state index in [0.717, 1.165) is 25.6 Å². The van der Waals surface area contributed by atoms with Crippen molar-refractivity contribution in [3.63, 3.8) is 0 Å². The Hall–Kier alpha value is -0.320. The van der Waals surface area contributed by atoms with Crippen LogP contribution in [0.5, 0.6) is 0 Å². The largest absolute Gasteiger partial charge is 0.336 e. The molecule has 1 heterocycles. The van der Waals surface area contributed by atoms with Crippen molar-refractivity contribution in [1.82, 2.24) is 15.1 Å². The number of hydrogen-bond donors (Lipinski definition) is 1. The van der Waals surface area contributed by atoms with Crippen molar-refractivity contribution in [2.45, 2.75) is 57.7 Å². The van der Waals surface area contributed by atoms with E-state index in [-0.39, 0.29) is 12.4 Å². The summed E-state index contributed by atoms with van der Waals surface area (Å²) in [7, 11) is 0. The van der Waals surface area contributed by atoms with Gasteiger partial charge in [0.2, 0.25) is 5.91 Å². The fourth-order valence-electron chi connectivity index (χ4n) is 3.30. The van der Waals surface area contributed by atoms with Gasteiger partial charge in [0.15, 0.2) is 0 Å². The van der Waals surface area contributed by atoms with Crippen LogP contribution in [0.3, 0.4) is 0 Å². The third kappa shape index (κ3) is 3.66. The minimum absolute atomic E-state index is 0. The zero-order valence-electron chi connectivity index (χ0n) is 12.7. The van der Waals surface area contributed by atoms with Gasteiger partial charge in [0.05, 0.1) is 6.54 Å². The number of rotatable bonds is 5. The molecule has 1 unspecified atom stereocenters. The third-order valence-corrected chi connectivity index (χ3v) is 4.95. The van der Waals surface area contributed by atoms with Crippen LogP contribution in [0.25, 0.3) is 0 Å². The lowest BCUT2D eigenvalue weighted by Gasteiger charge is -2.36. The Morgan fingerprint density at radius 2 is 2.05 bits per heavy atom. The predicted molar refractivity (Wildman–Crippen MR) is 83.2 cm³/mol. The molecule has 4 nitrogen and oxygen atoms in total. The predicted octanol–water partition coefficient (Wildman–Crippen LogP) is 1.49. The molecule has 2 aliphatic carbocycles. The molecule has 3 rings (SSSR count). The summed E-state index contributed by atoms with van der Waals surface area (Å²) < 4.78 is 0. The summed E-state index contributed by atoms with van der Waals surface area (Å²) in [5.74, 6) is 1.15. The van der Waals surface area contributed by atoms with Gasteiger partial charge >= 0.3 is 0 Å². The highest BCUT2D eigenvalue weighted by Gasteiger charge is 2.42. The van der Waals surface area contributed by atoms with E-state index in [1.54, 1.807) is 0 Å². The highest BCUT2D eigenvalue weighted by Crippen LogP contribution is 2.39. The quantitative estimate of drug-likeness (QED) is 0.836. The SMILES string of the molecule is CC(C1CC1)N(C(=O)CN1CCNC[C@H]1C)C1CC1.Cl. The van der Waals surface area contributed by atoms with Gasteiger partial charge < -0.3 is 10.2 Å². The zero-order valence-corrected chi connectivity index (χ0v) is 13.5. The summed E-state index contributed by atoms with van der Waals surface area (Å²) in [5.41, 5.74) is 0. The maximum absolute atomic E-state index is 12.7. The summed E-state index contributed by atoms with van der Waals surface area (Å²) in [4.78, 5) is 17.2. The molecule has 1 amide bonds. The van der Waals surface area contributed by atoms with Crippen molar-refractivity contribution >= 4 is 18.3 Å². The summed E-state index contributed by atoms with van der Waals surface area (Å²) in [5, 5.41) is 3.39. The van der Waals surface area contributed by atoms with Gasteiger partial charge in [-0.25, -0.2) is 0 Å². The van der Waals surface area contributed by atoms with Crippen molar-refractivity contribution in [3.05, 3.63) is 0 Å². The van der Waals surface area contributed by atoms with Crippen LogP contribution < -0.4 is 5.32 Å². The van der Waals surface area contributed by atoms with Crippen molar-refractivity contribution in [3.8, 4) is 0 Å². The first kappa shape index (κ1) is 16.1. The third-order valence-electron chi connectivity index (χ3n) is 4.95. The Morgan fingerprint density at radius 3 is 2.60 bits per heavy atom. The van der Waals surface area contributed by atoms with Gasteiger partial charge in [0, 0.05) is 37.8 Å². The highest BCUT2D eigenvalue weighted by molar-refractivity contribution is 5.85. The molecule has 2 atom stereocenters. The molecule has 0 spiro atoms. The second-order valence-corrected chi connectivity index (χ2v) is 6.63. The van der Waals surface area contributed by atoms with Crippen LogP contribution in [0.2, 0.25) is 0 Å². The molecule has 0 bridgehead atoms. The topological polar surface area (TPSA) is 35.6 Å². The Bertz CT molecular complexity index is 344. The van der Waals surface area contributed by atoms with Crippen LogP contribution in [0.4, 0.5) is 0 Å². The molecule has 5 heteroatoms. The molecule has 1 saturated heterocycles. The molecule has 116 valence electrons. The van der Waals surface area contributed by atoms with E-state index in [1.165, 1.54) is 25.7 Å². The lowest BCUT2D eigenvalue weighted by Crippen LogP contribution is -2.54. The van der Waals surface area contributed by atoms with Crippen molar-refractivity contribution in [2.75, 3.05) is 26.2 Å². The Kier molecular flexibility index (Phi) is 5.32. The molecule has 0 radical (unpaired) electrons. The second-order valence-electron chi connectivity index (χ2n) is 6.63. The molecule has 0 aromatic carbocycles. The minimum atomic E-state index is 0. The first-order chi connectivity index (χ1) is 9.16. The second kappa shape index (κ2) is 6.63. The fourth-order valence-corrected chi connectivity index (χ4v) is 3.30. The molecular weight excluding hydrogens is 274 g/mol. The van der Waals surface area contributed by atoms with E-state index in [9.17, 15) is 4.79 Å². The summed E-state index contributed by atoms with van der Waals surface area (Å²) in [6.45, 7) is 8.12. The van der Waals surface area contributed by atoms with Gasteiger partial charge in [-0.15, -0.1) is 12.4 Å². The summed E-state index contributed by atoms with van der Waals surface area (Å²) in [6, 6.07) is 1.51. The normalized spacial score (nSPS) is 28.6. The average Bonchev–Trinajstić information content (AvgIpc) is 3.26. The highest BCUT2D eigenvalue weighted by atomic mass is 35.5. The maximum Gasteiger partial charge on any atom is 0.237 e. The standard InChI is InChI=1S/C15H27N3O.ClH/c1-11-9-16-7-8-17(11)10-15(19)18(14-5-6-14)12(2)13-3-4-13;/h11-14,16H,3-10H2,1-2H3;1H/t11-,12?;/m1./s1. The van der Waals surface area contributed by atoms with E-state index in [2.05, 4.69) is 29.0 Å². The molecule has 0 aromatic heterocycles. The van der Waals surface area contributed by atoms with Crippen LogP contribution in [-0.2, 0) is 4.79 Å². The number of carbonyl (C=O) groups is 1. The van der Waals surface area contributed by atoms with E-state index in [1.807, 2.05) is 0 Å². The molecule has 2 saturated carbocycles. The van der Waals surface area contributed by atoms with Crippen molar-refractivity contribution in [2.24, 2.45) is 5.92 Å². The van der Waals surface area contributed by atoms with E-state index in [4.69, 9.17) is 0 Å². The van der Waals surface area contributed by atoms with Gasteiger partial charge in [-0.3, -0.25) is 9.69 Å². The first-order valence-corrected chi connectivity index (χ1v) is 7.92. The lowest BCUT2D eigenvalue weighted by molar-refractivity contribution is -0.136. The van der Waals surface area contributed by atoms with E-state index in [0.29, 0.717) is 30.6 Å². The minimum Gasteiger partial charge on any atom is -0.336 e. The molecule has 1 aliphatic heterocycles. The van der Waals surface area contributed by atoms with Gasteiger partial charge in [0.25, 0.3) is 0 Å². The van der Waals surface area contributed by atoms with Crippen LogP contribution in [-0.4, -0.2) is 60.0 Å². The van der Waals surface area contributed by atoms with Gasteiger partial charge in [-0.05, 0) is 45.4 Å². The Labute approximate surface area is 128 Å². The molecule has 3 fully saturated rings. The number of nitrogens with one attached hydrogen (secondary N) is 1. The number of piperazine rings is 1. The van der Waals surface area contributed by atoms with Crippen molar-refractivity contribution in [1.29, 1.82) is 0 Å². The van der Waals surface area contributed by atoms with Crippen LogP contribution in [0.1, 0.15) is 39.5 Å². The Balaban J connectivity index is 0.00000147. The number of nitrogens with zero attached hydrogens (tertiary/aromatic N) is 2. The lowest BCUT2D eigenvalue weighted by atomic mass is 10.1. The van der Waals surface area contributed by atoms with Gasteiger partial charge in [-0.1, -0.05) is 0 Å². The number of amides is 1. The molecule has 0 aromatic rings. The summed E-state index contributed by atoms with van der Waals surface area (Å²) >= 11 is 0. The zero-order chi connectivity index (χ0) is 13.4. The van der Waals surface area contributed by atoms with Crippen LogP contribution in [0, 0.1) is 5.92 Å². The van der Waals surface area contributed by atoms with Gasteiger partial charge in [-0.2, -0.15) is 0 Å². The monoisotopic (exact) mass is 301 g/mol. The first-order valence-electron chi connectivity index (χ1n) is 7.92. The Morgan fingerprint density at radius 1 is 1.35 bits per heavy atom. The van der Waals surface area contributed by atoms with Crippen molar-refractivity contribution < 1.29 is 4.79 Å². The fraction of sp³-hybridized carbons (Fsp3) is 0.933. The smallest absolute Gasteiger partial charge is 0.237 e. The molecule has 1 N–H and O–H groups in total. The molecule has 20 heavy (non-hydrogen) atoms. The summed E-state index contributed by atoms with van der Waals surface area (Å²) in [6.07, 6.45) is 5.09. The number of carbonyl (C=O) groups excluding carboxylic acids is 1. The van der Waals surface area contributed by atoms with E-state index >= 15 is 0 Å². The van der Waals surface area contributed by atoms with E-state index < -0.39 is 0 Å². The average molecular weight is 302 g/mol. The van der Waals surface area contributed by atoms with Gasteiger partial charge in [0.1, 0.15) is 0 Å². The molecule has 3 aliphatic rings. The number of hydrogen-bond acceptors (Lipinski definition) is 3. The maximum atomic E-state index is 12.7. The number of halogens is 1. The van der Waals surface area contributed by atoms with Crippen LogP contribution >= 0.6 is 12.4 Å². The molecular formula is C15H28ClN3O. The van der Waals surface area contributed by atoms with Crippen LogP contribution in [0.15, 0.2) is 0 Å².